The van der Waals surface area contributed by atoms with Gasteiger partial charge in [0.25, 0.3) is 0 Å². The minimum absolute atomic E-state index is 0. The number of halogens is 2. The Kier molecular flexibility index (Phi) is 6.33. The molecule has 0 aromatic heterocycles. The molecule has 1 N–H and O–H groups in total. The summed E-state index contributed by atoms with van der Waals surface area (Å²) in [7, 11) is 2.00. The van der Waals surface area contributed by atoms with Gasteiger partial charge >= 0.3 is 0 Å². The number of rotatable bonds is 4. The molecule has 0 saturated heterocycles. The first kappa shape index (κ1) is 16.0. The van der Waals surface area contributed by atoms with Gasteiger partial charge in [-0.2, -0.15) is 0 Å². The molecule has 0 spiro atoms. The molecular formula is C13H19FIN3O. The molecule has 2 rings (SSSR count). The monoisotopic (exact) mass is 379 g/mol. The van der Waals surface area contributed by atoms with E-state index in [0.29, 0.717) is 12.3 Å². The molecule has 1 atom stereocenters. The van der Waals surface area contributed by atoms with Crippen molar-refractivity contribution in [2.24, 2.45) is 4.99 Å². The van der Waals surface area contributed by atoms with Crippen LogP contribution in [0.4, 0.5) is 4.39 Å². The second kappa shape index (κ2) is 7.52. The van der Waals surface area contributed by atoms with Crippen LogP contribution in [0.2, 0.25) is 0 Å². The molecule has 1 heterocycles. The van der Waals surface area contributed by atoms with Crippen LogP contribution in [0.3, 0.4) is 0 Å². The molecule has 1 aromatic rings. The van der Waals surface area contributed by atoms with Crippen LogP contribution in [0.1, 0.15) is 6.92 Å². The van der Waals surface area contributed by atoms with Crippen LogP contribution in [-0.2, 0) is 0 Å². The predicted molar refractivity (Wildman–Crippen MR) is 84.8 cm³/mol. The lowest BCUT2D eigenvalue weighted by molar-refractivity contribution is 0.222. The van der Waals surface area contributed by atoms with Crippen LogP contribution >= 0.6 is 24.0 Å². The molecule has 1 aromatic carbocycles. The van der Waals surface area contributed by atoms with E-state index in [0.717, 1.165) is 19.0 Å². The summed E-state index contributed by atoms with van der Waals surface area (Å²) in [5.74, 6) is 1.16. The number of hydrogen-bond donors (Lipinski definition) is 1. The summed E-state index contributed by atoms with van der Waals surface area (Å²) < 4.78 is 18.6. The van der Waals surface area contributed by atoms with Crippen molar-refractivity contribution in [2.45, 2.75) is 13.0 Å². The summed E-state index contributed by atoms with van der Waals surface area (Å²) in [6.45, 7) is 4.35. The van der Waals surface area contributed by atoms with Gasteiger partial charge < -0.3 is 15.0 Å². The van der Waals surface area contributed by atoms with E-state index < -0.39 is 0 Å². The van der Waals surface area contributed by atoms with Crippen molar-refractivity contribution in [1.29, 1.82) is 0 Å². The lowest BCUT2D eigenvalue weighted by atomic mass is 10.3. The van der Waals surface area contributed by atoms with Gasteiger partial charge in [0.05, 0.1) is 13.1 Å². The molecule has 1 unspecified atom stereocenters. The number of likely N-dealkylation sites (N-methyl/N-ethyl adjacent to an activating group) is 1. The van der Waals surface area contributed by atoms with Gasteiger partial charge in [-0.25, -0.2) is 4.39 Å². The van der Waals surface area contributed by atoms with Crippen molar-refractivity contribution in [1.82, 2.24) is 10.2 Å². The van der Waals surface area contributed by atoms with E-state index in [4.69, 9.17) is 4.74 Å². The van der Waals surface area contributed by atoms with E-state index >= 15 is 0 Å². The van der Waals surface area contributed by atoms with Crippen LogP contribution in [0.5, 0.6) is 5.75 Å². The number of nitrogens with one attached hydrogen (secondary N) is 1. The maximum atomic E-state index is 13.0. The highest BCUT2D eigenvalue weighted by Crippen LogP contribution is 2.13. The zero-order valence-electron chi connectivity index (χ0n) is 11.1. The van der Waals surface area contributed by atoms with E-state index in [-0.39, 0.29) is 35.9 Å². The molecule has 106 valence electrons. The maximum Gasteiger partial charge on any atom is 0.193 e. The van der Waals surface area contributed by atoms with E-state index in [9.17, 15) is 4.39 Å². The summed E-state index contributed by atoms with van der Waals surface area (Å²) in [6, 6.07) is 6.17. The number of hydrogen-bond acceptors (Lipinski definition) is 4. The number of ether oxygens (including phenoxy) is 1. The quantitative estimate of drug-likeness (QED) is 0.815. The van der Waals surface area contributed by atoms with Crippen molar-refractivity contribution in [3.63, 3.8) is 0 Å². The van der Waals surface area contributed by atoms with Gasteiger partial charge in [0.2, 0.25) is 0 Å². The minimum atomic E-state index is -0.285. The molecule has 1 aliphatic heterocycles. The number of aliphatic imine (C=N–C) groups is 1. The fourth-order valence-electron chi connectivity index (χ4n) is 1.77. The van der Waals surface area contributed by atoms with Crippen molar-refractivity contribution >= 4 is 29.9 Å². The Morgan fingerprint density at radius 1 is 1.53 bits per heavy atom. The minimum Gasteiger partial charge on any atom is -0.489 e. The molecule has 0 radical (unpaired) electrons. The predicted octanol–water partition coefficient (Wildman–Crippen LogP) is 2.10. The lowest BCUT2D eigenvalue weighted by Crippen LogP contribution is -2.40. The normalized spacial score (nSPS) is 15.5. The molecule has 0 fully saturated rings. The highest BCUT2D eigenvalue weighted by atomic mass is 127. The highest BCUT2D eigenvalue weighted by Gasteiger charge is 2.13. The zero-order chi connectivity index (χ0) is 13.0. The van der Waals surface area contributed by atoms with Gasteiger partial charge in [-0.15, -0.1) is 24.0 Å². The second-order valence-corrected chi connectivity index (χ2v) is 4.39. The van der Waals surface area contributed by atoms with E-state index in [1.165, 1.54) is 12.1 Å². The summed E-state index contributed by atoms with van der Waals surface area (Å²) >= 11 is 0. The number of nitrogens with zero attached hydrogens (tertiary/aromatic N) is 2. The van der Waals surface area contributed by atoms with Crippen LogP contribution in [-0.4, -0.2) is 43.6 Å². The largest absolute Gasteiger partial charge is 0.489 e. The molecule has 1 aliphatic rings. The Morgan fingerprint density at radius 2 is 2.32 bits per heavy atom. The average Bonchev–Trinajstić information content (AvgIpc) is 2.72. The van der Waals surface area contributed by atoms with Gasteiger partial charge in [-0.3, -0.25) is 4.99 Å². The van der Waals surface area contributed by atoms with Gasteiger partial charge in [0.15, 0.2) is 5.96 Å². The summed E-state index contributed by atoms with van der Waals surface area (Å²) in [4.78, 5) is 6.39. The average molecular weight is 379 g/mol. The van der Waals surface area contributed by atoms with Gasteiger partial charge in [0, 0.05) is 19.7 Å². The highest BCUT2D eigenvalue weighted by molar-refractivity contribution is 14.0. The number of benzene rings is 1. The first-order valence-electron chi connectivity index (χ1n) is 6.07. The Balaban J connectivity index is 0.00000180. The van der Waals surface area contributed by atoms with Gasteiger partial charge in [0.1, 0.15) is 17.7 Å². The first-order valence-corrected chi connectivity index (χ1v) is 6.07. The van der Waals surface area contributed by atoms with Crippen molar-refractivity contribution in [3.05, 3.63) is 30.1 Å². The van der Waals surface area contributed by atoms with Gasteiger partial charge in [-0.1, -0.05) is 6.07 Å². The summed E-state index contributed by atoms with van der Waals surface area (Å²) in [6.07, 6.45) is -0.0523. The van der Waals surface area contributed by atoms with Crippen molar-refractivity contribution in [2.75, 3.05) is 26.7 Å². The van der Waals surface area contributed by atoms with Crippen molar-refractivity contribution in [3.8, 4) is 5.75 Å². The molecule has 0 aliphatic carbocycles. The molecule has 0 amide bonds. The summed E-state index contributed by atoms with van der Waals surface area (Å²) in [5.41, 5.74) is 0. The third-order valence-electron chi connectivity index (χ3n) is 2.74. The van der Waals surface area contributed by atoms with E-state index in [2.05, 4.69) is 15.2 Å². The smallest absolute Gasteiger partial charge is 0.193 e. The Hall–Kier alpha value is -1.05. The SMILES string of the molecule is CC(CNC1=NCCN1C)Oc1cccc(F)c1.I. The molecule has 19 heavy (non-hydrogen) atoms. The third-order valence-corrected chi connectivity index (χ3v) is 2.74. The van der Waals surface area contributed by atoms with Gasteiger partial charge in [-0.05, 0) is 19.1 Å². The Bertz CT molecular complexity index is 442. The van der Waals surface area contributed by atoms with Crippen LogP contribution in [0.15, 0.2) is 29.3 Å². The van der Waals surface area contributed by atoms with Crippen LogP contribution < -0.4 is 10.1 Å². The molecule has 6 heteroatoms. The molecule has 4 nitrogen and oxygen atoms in total. The molecule has 0 saturated carbocycles. The fraction of sp³-hybridized carbons (Fsp3) is 0.462. The summed E-state index contributed by atoms with van der Waals surface area (Å²) in [5, 5.41) is 3.22. The second-order valence-electron chi connectivity index (χ2n) is 4.39. The van der Waals surface area contributed by atoms with E-state index in [1.54, 1.807) is 12.1 Å². The fourth-order valence-corrected chi connectivity index (χ4v) is 1.77. The topological polar surface area (TPSA) is 36.9 Å². The van der Waals surface area contributed by atoms with Crippen LogP contribution in [0, 0.1) is 5.82 Å². The number of guanidine groups is 1. The van der Waals surface area contributed by atoms with Crippen molar-refractivity contribution < 1.29 is 9.13 Å². The Labute approximate surface area is 130 Å². The standard InChI is InChI=1S/C13H18FN3O.HI/c1-10(9-16-13-15-6-7-17(13)2)18-12-5-3-4-11(14)8-12;/h3-5,8,10H,6-7,9H2,1-2H3,(H,15,16);1H. The third kappa shape index (κ3) is 4.85. The molecular weight excluding hydrogens is 360 g/mol. The molecule has 0 bridgehead atoms. The van der Waals surface area contributed by atoms with E-state index in [1.807, 2.05) is 14.0 Å². The zero-order valence-corrected chi connectivity index (χ0v) is 13.4. The lowest BCUT2D eigenvalue weighted by Gasteiger charge is -2.19. The van der Waals surface area contributed by atoms with Crippen LogP contribution in [0.25, 0.3) is 0 Å². The first-order chi connectivity index (χ1) is 8.65. The maximum absolute atomic E-state index is 13.0. The Morgan fingerprint density at radius 3 is 2.95 bits per heavy atom.